The van der Waals surface area contributed by atoms with E-state index < -0.39 is 5.97 Å². The molecule has 33 heavy (non-hydrogen) atoms. The smallest absolute Gasteiger partial charge is 0.346 e. The summed E-state index contributed by atoms with van der Waals surface area (Å²) in [4.78, 5) is 26.0. The lowest BCUT2D eigenvalue weighted by Gasteiger charge is -2.37. The summed E-state index contributed by atoms with van der Waals surface area (Å²) in [6.45, 7) is 3.90. The number of esters is 1. The summed E-state index contributed by atoms with van der Waals surface area (Å²) in [7, 11) is 2.98. The summed E-state index contributed by atoms with van der Waals surface area (Å²) in [6, 6.07) is 11.0. The summed E-state index contributed by atoms with van der Waals surface area (Å²) in [5, 5.41) is 0. The van der Waals surface area contributed by atoms with Gasteiger partial charge in [0.15, 0.2) is 0 Å². The number of carbonyl (C=O) groups is 2. The van der Waals surface area contributed by atoms with Crippen LogP contribution in [0.5, 0.6) is 17.2 Å². The third-order valence-electron chi connectivity index (χ3n) is 6.14. The molecule has 174 valence electrons. The number of benzene rings is 2. The number of methoxy groups -OCH3 is 2. The van der Waals surface area contributed by atoms with Crippen LogP contribution in [0.3, 0.4) is 0 Å². The monoisotopic (exact) mass is 452 g/mol. The van der Waals surface area contributed by atoms with Crippen LogP contribution < -0.4 is 14.2 Å². The van der Waals surface area contributed by atoms with Crippen molar-refractivity contribution in [1.82, 2.24) is 0 Å². The molecule has 7 heteroatoms. The Morgan fingerprint density at radius 1 is 1.00 bits per heavy atom. The average Bonchev–Trinajstić information content (AvgIpc) is 2.82. The fourth-order valence-corrected chi connectivity index (χ4v) is 4.31. The standard InChI is InChI=1S/C26H28O7/c1-15-8-9-16(2)21(12-15)33-23-14-31-22-13-17(10-11-18(22)25(23)27)32-26(28)24-19(29-3)6-5-7-20(24)30-4/h5-9,12,14,17-18,22H,10-11,13H2,1-4H3. The molecule has 1 saturated carbocycles. The molecule has 0 bridgehead atoms. The van der Waals surface area contributed by atoms with Gasteiger partial charge in [0.2, 0.25) is 11.5 Å². The summed E-state index contributed by atoms with van der Waals surface area (Å²) >= 11 is 0. The molecule has 1 aliphatic carbocycles. The molecule has 2 aliphatic rings. The Kier molecular flexibility index (Phi) is 6.58. The van der Waals surface area contributed by atoms with Crippen molar-refractivity contribution < 1.29 is 33.3 Å². The van der Waals surface area contributed by atoms with Crippen LogP contribution in [0.15, 0.2) is 48.4 Å². The summed E-state index contributed by atoms with van der Waals surface area (Å²) < 4.78 is 28.1. The number of hydrogen-bond donors (Lipinski definition) is 0. The topological polar surface area (TPSA) is 80.3 Å². The highest BCUT2D eigenvalue weighted by Crippen LogP contribution is 2.37. The molecule has 0 N–H and O–H groups in total. The minimum atomic E-state index is -0.524. The number of ether oxygens (including phenoxy) is 5. The molecular formula is C26H28O7. The van der Waals surface area contributed by atoms with Crippen molar-refractivity contribution in [3.63, 3.8) is 0 Å². The Bertz CT molecular complexity index is 1070. The normalized spacial score (nSPS) is 21.9. The van der Waals surface area contributed by atoms with Crippen LogP contribution in [-0.2, 0) is 14.3 Å². The molecule has 3 unspecified atom stereocenters. The number of fused-ring (bicyclic) bond motifs is 1. The van der Waals surface area contributed by atoms with Gasteiger partial charge in [-0.3, -0.25) is 4.79 Å². The van der Waals surface area contributed by atoms with Gasteiger partial charge in [-0.15, -0.1) is 0 Å². The van der Waals surface area contributed by atoms with E-state index in [0.29, 0.717) is 36.5 Å². The maximum atomic E-state index is 13.1. The molecule has 0 aromatic heterocycles. The van der Waals surface area contributed by atoms with Crippen LogP contribution in [0.1, 0.15) is 40.7 Å². The fourth-order valence-electron chi connectivity index (χ4n) is 4.31. The minimum absolute atomic E-state index is 0.0802. The molecule has 7 nitrogen and oxygen atoms in total. The quantitative estimate of drug-likeness (QED) is 0.596. The number of carbonyl (C=O) groups excluding carboxylic acids is 2. The molecule has 2 aromatic rings. The maximum absolute atomic E-state index is 13.1. The minimum Gasteiger partial charge on any atom is -0.496 e. The van der Waals surface area contributed by atoms with E-state index in [4.69, 9.17) is 23.7 Å². The zero-order valence-corrected chi connectivity index (χ0v) is 19.3. The van der Waals surface area contributed by atoms with Crippen LogP contribution in [0.2, 0.25) is 0 Å². The van der Waals surface area contributed by atoms with Crippen molar-refractivity contribution in [2.75, 3.05) is 14.2 Å². The van der Waals surface area contributed by atoms with E-state index in [9.17, 15) is 9.59 Å². The molecule has 0 radical (unpaired) electrons. The SMILES string of the molecule is COc1cccc(OC)c1C(=O)OC1CCC2C(=O)C(Oc3cc(C)ccc3C)=COC2C1. The second-order valence-electron chi connectivity index (χ2n) is 8.38. The predicted molar refractivity (Wildman–Crippen MR) is 121 cm³/mol. The Morgan fingerprint density at radius 3 is 2.42 bits per heavy atom. The highest BCUT2D eigenvalue weighted by atomic mass is 16.6. The summed E-state index contributed by atoms with van der Waals surface area (Å²) in [5.41, 5.74) is 2.24. The summed E-state index contributed by atoms with van der Waals surface area (Å²) in [6.07, 6.45) is 2.16. The molecule has 1 aliphatic heterocycles. The van der Waals surface area contributed by atoms with E-state index in [1.165, 1.54) is 20.5 Å². The summed E-state index contributed by atoms with van der Waals surface area (Å²) in [5.74, 6) is 0.685. The van der Waals surface area contributed by atoms with Crippen molar-refractivity contribution in [2.24, 2.45) is 5.92 Å². The van der Waals surface area contributed by atoms with Gasteiger partial charge in [0.1, 0.15) is 41.3 Å². The van der Waals surface area contributed by atoms with Crippen molar-refractivity contribution in [2.45, 2.75) is 45.3 Å². The van der Waals surface area contributed by atoms with E-state index in [1.807, 2.05) is 32.0 Å². The first-order valence-corrected chi connectivity index (χ1v) is 11.0. The molecule has 3 atom stereocenters. The first-order chi connectivity index (χ1) is 15.9. The molecule has 0 amide bonds. The molecule has 1 fully saturated rings. The predicted octanol–water partition coefficient (Wildman–Crippen LogP) is 4.53. The number of ketones is 1. The Morgan fingerprint density at radius 2 is 1.73 bits per heavy atom. The number of Topliss-reactive ketones (excluding diaryl/α,β-unsaturated/α-hetero) is 1. The van der Waals surface area contributed by atoms with Gasteiger partial charge in [-0.25, -0.2) is 4.79 Å². The zero-order chi connectivity index (χ0) is 23.5. The number of aryl methyl sites for hydroxylation is 2. The zero-order valence-electron chi connectivity index (χ0n) is 19.3. The molecular weight excluding hydrogens is 424 g/mol. The molecule has 0 spiro atoms. The van der Waals surface area contributed by atoms with Crippen LogP contribution in [0.25, 0.3) is 0 Å². The van der Waals surface area contributed by atoms with Gasteiger partial charge in [0.05, 0.1) is 20.1 Å². The van der Waals surface area contributed by atoms with Gasteiger partial charge in [-0.05, 0) is 56.0 Å². The highest BCUT2D eigenvalue weighted by molar-refractivity contribution is 5.97. The van der Waals surface area contributed by atoms with Crippen molar-refractivity contribution in [3.05, 3.63) is 65.1 Å². The average molecular weight is 453 g/mol. The third-order valence-corrected chi connectivity index (χ3v) is 6.14. The van der Waals surface area contributed by atoms with Crippen molar-refractivity contribution >= 4 is 11.8 Å². The van der Waals surface area contributed by atoms with Crippen LogP contribution in [0, 0.1) is 19.8 Å². The van der Waals surface area contributed by atoms with Gasteiger partial charge >= 0.3 is 5.97 Å². The number of rotatable bonds is 6. The first-order valence-electron chi connectivity index (χ1n) is 11.0. The van der Waals surface area contributed by atoms with Crippen molar-refractivity contribution in [3.8, 4) is 17.2 Å². The molecule has 0 saturated heterocycles. The Balaban J connectivity index is 1.44. The molecule has 2 aromatic carbocycles. The lowest BCUT2D eigenvalue weighted by Crippen LogP contribution is -2.43. The Labute approximate surface area is 193 Å². The van der Waals surface area contributed by atoms with Gasteiger partial charge < -0.3 is 23.7 Å². The second-order valence-corrected chi connectivity index (χ2v) is 8.38. The molecule has 4 rings (SSSR count). The van der Waals surface area contributed by atoms with Gasteiger partial charge in [0.25, 0.3) is 0 Å². The van der Waals surface area contributed by atoms with Gasteiger partial charge in [0, 0.05) is 6.42 Å². The van der Waals surface area contributed by atoms with Crippen LogP contribution >= 0.6 is 0 Å². The van der Waals surface area contributed by atoms with E-state index in [0.717, 1.165) is 11.1 Å². The van der Waals surface area contributed by atoms with Crippen LogP contribution in [0.4, 0.5) is 0 Å². The third kappa shape index (κ3) is 4.67. The van der Waals surface area contributed by atoms with E-state index in [1.54, 1.807) is 18.2 Å². The Hall–Kier alpha value is -3.48. The maximum Gasteiger partial charge on any atom is 0.346 e. The lowest BCUT2D eigenvalue weighted by atomic mass is 9.80. The number of allylic oxidation sites excluding steroid dienone is 1. The van der Waals surface area contributed by atoms with E-state index in [2.05, 4.69) is 0 Å². The van der Waals surface area contributed by atoms with E-state index >= 15 is 0 Å². The van der Waals surface area contributed by atoms with Gasteiger partial charge in [-0.1, -0.05) is 18.2 Å². The lowest BCUT2D eigenvalue weighted by molar-refractivity contribution is -0.132. The van der Waals surface area contributed by atoms with Crippen LogP contribution in [-0.4, -0.2) is 38.2 Å². The van der Waals surface area contributed by atoms with Crippen molar-refractivity contribution in [1.29, 1.82) is 0 Å². The fraction of sp³-hybridized carbons (Fsp3) is 0.385. The highest BCUT2D eigenvalue weighted by Gasteiger charge is 2.42. The first kappa shape index (κ1) is 22.7. The molecule has 1 heterocycles. The van der Waals surface area contributed by atoms with Gasteiger partial charge in [-0.2, -0.15) is 0 Å². The number of hydrogen-bond acceptors (Lipinski definition) is 7. The van der Waals surface area contributed by atoms with E-state index in [-0.39, 0.29) is 35.2 Å². The largest absolute Gasteiger partial charge is 0.496 e. The second kappa shape index (κ2) is 9.57.